The summed E-state index contributed by atoms with van der Waals surface area (Å²) in [7, 11) is 0. The fourth-order valence-electron chi connectivity index (χ4n) is 24.0. The minimum absolute atomic E-state index is 0.633. The summed E-state index contributed by atoms with van der Waals surface area (Å²) in [5, 5.41) is 44.3. The van der Waals surface area contributed by atoms with Crippen molar-refractivity contribution in [3.8, 4) is 68.3 Å². The minimum Gasteiger partial charge on any atom is -0.309 e. The molecule has 0 saturated heterocycles. The van der Waals surface area contributed by atoms with Crippen molar-refractivity contribution in [2.45, 2.75) is 0 Å². The summed E-state index contributed by atoms with van der Waals surface area (Å²) in [4.78, 5) is 22.7. The summed E-state index contributed by atoms with van der Waals surface area (Å²) >= 11 is 0. The van der Waals surface area contributed by atoms with Crippen LogP contribution in [0.25, 0.3) is 306 Å². The van der Waals surface area contributed by atoms with Crippen LogP contribution in [0.5, 0.6) is 0 Å². The molecular formula is C128H72N8. The van der Waals surface area contributed by atoms with Gasteiger partial charge in [-0.3, -0.25) is 9.13 Å². The second-order valence-electron chi connectivity index (χ2n) is 37.1. The van der Waals surface area contributed by atoms with Gasteiger partial charge in [-0.2, -0.15) is 0 Å². The van der Waals surface area contributed by atoms with Crippen LogP contribution in [-0.2, 0) is 0 Å². The molecule has 32 rings (SSSR count). The van der Waals surface area contributed by atoms with Gasteiger partial charge in [0.2, 0.25) is 11.9 Å². The number of para-hydroxylation sites is 4. The average Bonchev–Trinajstić information content (AvgIpc) is 1.54. The molecule has 8 heteroatoms. The van der Waals surface area contributed by atoms with Gasteiger partial charge in [0.15, 0.2) is 0 Å². The normalized spacial score (nSPS) is 12.4. The lowest BCUT2D eigenvalue weighted by molar-refractivity contribution is 0.998. The maximum absolute atomic E-state index is 5.69. The molecule has 0 saturated carbocycles. The monoisotopic (exact) mass is 1720 g/mol. The summed E-state index contributed by atoms with van der Waals surface area (Å²) in [5.74, 6) is 1.27. The lowest BCUT2D eigenvalue weighted by Gasteiger charge is -2.16. The van der Waals surface area contributed by atoms with Crippen LogP contribution in [0.4, 0.5) is 0 Å². The van der Waals surface area contributed by atoms with Gasteiger partial charge in [0, 0.05) is 76.4 Å². The lowest BCUT2D eigenvalue weighted by Crippen LogP contribution is -2.04. The molecular weight excluding hydrogens is 1650 g/mol. The molecule has 0 spiro atoms. The van der Waals surface area contributed by atoms with Gasteiger partial charge < -0.3 is 9.13 Å². The molecule has 0 N–H and O–H groups in total. The zero-order valence-corrected chi connectivity index (χ0v) is 73.1. The van der Waals surface area contributed by atoms with E-state index < -0.39 is 0 Å². The van der Waals surface area contributed by atoms with Crippen molar-refractivity contribution in [3.63, 3.8) is 0 Å². The summed E-state index contributed by atoms with van der Waals surface area (Å²) < 4.78 is 9.56. The molecule has 0 amide bonds. The summed E-state index contributed by atoms with van der Waals surface area (Å²) in [6.45, 7) is 0. The first-order valence-electron chi connectivity index (χ1n) is 46.8. The molecule has 0 atom stereocenters. The van der Waals surface area contributed by atoms with Gasteiger partial charge >= 0.3 is 0 Å². The average molecular weight is 1720 g/mol. The van der Waals surface area contributed by atoms with E-state index in [2.05, 4.69) is 455 Å². The van der Waals surface area contributed by atoms with Gasteiger partial charge in [0.05, 0.1) is 72.6 Å². The maximum atomic E-state index is 5.69. The molecule has 0 radical (unpaired) electrons. The van der Waals surface area contributed by atoms with Crippen molar-refractivity contribution < 1.29 is 0 Å². The molecule has 0 fully saturated rings. The Morgan fingerprint density at radius 1 is 0.140 bits per heavy atom. The van der Waals surface area contributed by atoms with Gasteiger partial charge in [-0.15, -0.1) is 0 Å². The van der Waals surface area contributed by atoms with Crippen LogP contribution in [0.2, 0.25) is 0 Å². The van der Waals surface area contributed by atoms with Crippen molar-refractivity contribution in [3.05, 3.63) is 437 Å². The molecule has 8 nitrogen and oxygen atoms in total. The van der Waals surface area contributed by atoms with Gasteiger partial charge in [0.1, 0.15) is 0 Å². The molecule has 6 heterocycles. The van der Waals surface area contributed by atoms with E-state index in [4.69, 9.17) is 19.9 Å². The first-order valence-corrected chi connectivity index (χ1v) is 46.8. The molecule has 0 aliphatic rings. The molecule has 0 aliphatic carbocycles. The molecule has 136 heavy (non-hydrogen) atoms. The van der Waals surface area contributed by atoms with Crippen LogP contribution < -0.4 is 0 Å². The van der Waals surface area contributed by atoms with E-state index in [1.54, 1.807) is 0 Å². The Balaban J connectivity index is 0.000000127. The number of fused-ring (bicyclic) bond motifs is 16. The van der Waals surface area contributed by atoms with Gasteiger partial charge in [-0.25, -0.2) is 19.9 Å². The highest BCUT2D eigenvalue weighted by Gasteiger charge is 2.29. The van der Waals surface area contributed by atoms with Crippen LogP contribution >= 0.6 is 0 Å². The van der Waals surface area contributed by atoms with Crippen molar-refractivity contribution in [1.82, 2.24) is 38.2 Å². The predicted molar refractivity (Wildman–Crippen MR) is 573 cm³/mol. The predicted octanol–water partition coefficient (Wildman–Crippen LogP) is 33.9. The number of nitrogens with zero attached hydrogens (tertiary/aromatic N) is 8. The number of hydrogen-bond acceptors (Lipinski definition) is 4. The number of benzene rings is 26. The molecule has 0 bridgehead atoms. The van der Waals surface area contributed by atoms with E-state index in [1.807, 2.05) is 0 Å². The van der Waals surface area contributed by atoms with Crippen molar-refractivity contribution in [2.75, 3.05) is 0 Å². The topological polar surface area (TPSA) is 71.3 Å². The molecule has 0 unspecified atom stereocenters. The van der Waals surface area contributed by atoms with E-state index >= 15 is 0 Å². The van der Waals surface area contributed by atoms with Crippen molar-refractivity contribution in [1.29, 1.82) is 0 Å². The second-order valence-corrected chi connectivity index (χ2v) is 37.1. The Morgan fingerprint density at radius 3 is 0.779 bits per heavy atom. The fraction of sp³-hybridized carbons (Fsp3) is 0. The van der Waals surface area contributed by atoms with Gasteiger partial charge in [-0.1, -0.05) is 322 Å². The summed E-state index contributed by atoms with van der Waals surface area (Å²) in [5.41, 5.74) is 18.9. The zero-order chi connectivity index (χ0) is 88.4. The Hall–Kier alpha value is -18.2. The Kier molecular flexibility index (Phi) is 15.0. The highest BCUT2D eigenvalue weighted by atomic mass is 15.2. The van der Waals surface area contributed by atoms with Crippen molar-refractivity contribution in [2.24, 2.45) is 0 Å². The van der Waals surface area contributed by atoms with Crippen molar-refractivity contribution >= 4 is 238 Å². The molecule has 6 aromatic heterocycles. The first-order chi connectivity index (χ1) is 67.4. The summed E-state index contributed by atoms with van der Waals surface area (Å²) in [6, 6.07) is 161. The van der Waals surface area contributed by atoms with Crippen LogP contribution in [-0.4, -0.2) is 38.2 Å². The van der Waals surface area contributed by atoms with E-state index in [-0.39, 0.29) is 0 Å². The van der Waals surface area contributed by atoms with E-state index in [1.165, 1.54) is 172 Å². The Bertz CT molecular complexity index is 10200. The van der Waals surface area contributed by atoms with Gasteiger partial charge in [-0.05, 0) is 261 Å². The third kappa shape index (κ3) is 10.5. The molecule has 32 aromatic rings. The molecule has 624 valence electrons. The third-order valence-electron chi connectivity index (χ3n) is 29.8. The maximum Gasteiger partial charge on any atom is 0.235 e. The van der Waals surface area contributed by atoms with Crippen LogP contribution in [0.1, 0.15) is 0 Å². The zero-order valence-electron chi connectivity index (χ0n) is 73.1. The number of aromatic nitrogens is 8. The smallest absolute Gasteiger partial charge is 0.235 e. The molecule has 26 aromatic carbocycles. The summed E-state index contributed by atoms with van der Waals surface area (Å²) in [6.07, 6.45) is 0. The number of rotatable bonds is 8. The minimum atomic E-state index is 0.633. The standard InChI is InChI=1S/2C64H36N4/c1-2-16-48-37(10-1)11-9-21-54(48)67-56-20-6-4-18-51(56)62-57(67)31-30-50-49-17-3-5-19-55(49)68(63(50)62)64-65-52(46-32-42-26-22-38-12-7-13-39-23-27-43(33-46)60(42)58(38)39)36-53(66-64)47-34-44-28-24-40-14-8-15-41-25-29-45(35-47)61(44)59(40)41;1-2-10-42-35-49(28-27-37(42)9-1)67-56-18-6-4-16-52(56)62-57(67)30-29-51-50-15-3-5-17-55(50)68(63(51)62)64-65-53(47-31-43-23-19-38-11-7-12-39-20-24-44(32-47)60(43)58(38)39)36-54(66-64)48-33-45-25-21-40-13-8-14-41-22-26-46(34-48)61(45)59(40)41/h2*1-36H. The van der Waals surface area contributed by atoms with Crippen LogP contribution in [0.15, 0.2) is 437 Å². The van der Waals surface area contributed by atoms with E-state index in [0.29, 0.717) is 11.9 Å². The van der Waals surface area contributed by atoms with Gasteiger partial charge in [0.25, 0.3) is 0 Å². The SMILES string of the molecule is c1ccc2c(-n3c4ccccc4c4c3ccc3c5ccccc5n(-c5nc(-c6cc7ccc8cccc9ccc(c6)c7c89)cc(-c6cc7ccc8cccc9ccc(c6)c7c89)n5)c34)cccc2c1.c1ccc2cc(-n3c4ccccc4c4c3ccc3c5ccccc5n(-c5nc(-c6cc7ccc8cccc9ccc(c6)c7c89)cc(-c6cc7ccc8cccc9ccc(c6)c7c89)n5)c34)ccc2c1. The first kappa shape index (κ1) is 73.5. The quantitative estimate of drug-likeness (QED) is 0.142. The molecule has 0 aliphatic heterocycles. The highest BCUT2D eigenvalue weighted by Crippen LogP contribution is 2.50. The van der Waals surface area contributed by atoms with Crippen LogP contribution in [0, 0.1) is 0 Å². The van der Waals surface area contributed by atoms with E-state index in [0.717, 1.165) is 122 Å². The second kappa shape index (κ2) is 27.7. The Labute approximate surface area is 775 Å². The number of hydrogen-bond donors (Lipinski definition) is 0. The van der Waals surface area contributed by atoms with Crippen LogP contribution in [0.3, 0.4) is 0 Å². The Morgan fingerprint density at radius 2 is 0.404 bits per heavy atom. The lowest BCUT2D eigenvalue weighted by atomic mass is 9.91. The fourth-order valence-corrected chi connectivity index (χ4v) is 24.0. The largest absolute Gasteiger partial charge is 0.309 e. The highest BCUT2D eigenvalue weighted by molar-refractivity contribution is 6.32. The third-order valence-corrected chi connectivity index (χ3v) is 29.8. The van der Waals surface area contributed by atoms with E-state index in [9.17, 15) is 0 Å².